The zero-order valence-corrected chi connectivity index (χ0v) is 8.36. The molecule has 0 unspecified atom stereocenters. The lowest BCUT2D eigenvalue weighted by molar-refractivity contribution is 1.31. The molecule has 0 amide bonds. The molecule has 0 aliphatic rings. The van der Waals surface area contributed by atoms with Crippen LogP contribution in [0.3, 0.4) is 0 Å². The number of hydrogen-bond acceptors (Lipinski definition) is 3. The van der Waals surface area contributed by atoms with Gasteiger partial charge in [0.2, 0.25) is 0 Å². The molecule has 1 rings (SSSR count). The van der Waals surface area contributed by atoms with E-state index in [4.69, 9.17) is 28.9 Å². The molecular formula is C8H9Cl2N3. The smallest absolute Gasteiger partial charge is 0.125 e. The van der Waals surface area contributed by atoms with Gasteiger partial charge in [-0.3, -0.25) is 0 Å². The molecule has 0 radical (unpaired) electrons. The van der Waals surface area contributed by atoms with E-state index in [9.17, 15) is 0 Å². The van der Waals surface area contributed by atoms with Gasteiger partial charge in [0.25, 0.3) is 0 Å². The van der Waals surface area contributed by atoms with Crippen LogP contribution in [0.5, 0.6) is 0 Å². The number of aromatic nitrogens is 1. The molecule has 1 aromatic heterocycles. The highest BCUT2D eigenvalue weighted by Gasteiger charge is 2.01. The molecular weight excluding hydrogens is 209 g/mol. The Bertz CT molecular complexity index is 325. The molecule has 1 aromatic rings. The maximum Gasteiger partial charge on any atom is 0.125 e. The van der Waals surface area contributed by atoms with Crippen LogP contribution in [-0.2, 0) is 0 Å². The Labute approximate surface area is 86.6 Å². The van der Waals surface area contributed by atoms with Crippen molar-refractivity contribution in [3.05, 3.63) is 29.6 Å². The molecule has 0 atom stereocenters. The summed E-state index contributed by atoms with van der Waals surface area (Å²) < 4.78 is 0. The van der Waals surface area contributed by atoms with Crippen molar-refractivity contribution in [3.8, 4) is 0 Å². The van der Waals surface area contributed by atoms with Gasteiger partial charge in [-0.15, -0.1) is 11.6 Å². The minimum atomic E-state index is 0.318. The van der Waals surface area contributed by atoms with Gasteiger partial charge in [0, 0.05) is 18.0 Å². The van der Waals surface area contributed by atoms with E-state index in [0.717, 1.165) is 0 Å². The zero-order chi connectivity index (χ0) is 9.84. The van der Waals surface area contributed by atoms with Crippen LogP contribution in [0.4, 0.5) is 11.5 Å². The van der Waals surface area contributed by atoms with E-state index in [2.05, 4.69) is 16.9 Å². The number of anilines is 2. The van der Waals surface area contributed by atoms with Crippen molar-refractivity contribution < 1.29 is 0 Å². The van der Waals surface area contributed by atoms with E-state index in [-0.39, 0.29) is 0 Å². The standard InChI is InChI=1S/C8H9Cl2N3/c1-5(3-9)13-7-2-8(11)12-4-6(7)10/h2,4H,1,3H2,(H3,11,12,13). The van der Waals surface area contributed by atoms with E-state index < -0.39 is 0 Å². The average Bonchev–Trinajstić information content (AvgIpc) is 2.11. The summed E-state index contributed by atoms with van der Waals surface area (Å²) >= 11 is 11.4. The second-order valence-corrected chi connectivity index (χ2v) is 3.13. The van der Waals surface area contributed by atoms with Gasteiger partial charge in [-0.25, -0.2) is 4.98 Å². The predicted octanol–water partition coefficient (Wildman–Crippen LogP) is 2.48. The highest BCUT2D eigenvalue weighted by Crippen LogP contribution is 2.23. The maximum atomic E-state index is 5.83. The lowest BCUT2D eigenvalue weighted by atomic mass is 10.3. The van der Waals surface area contributed by atoms with Gasteiger partial charge in [0.15, 0.2) is 0 Å². The molecule has 3 N–H and O–H groups in total. The molecule has 1 heterocycles. The molecule has 3 nitrogen and oxygen atoms in total. The van der Waals surface area contributed by atoms with Gasteiger partial charge < -0.3 is 11.1 Å². The van der Waals surface area contributed by atoms with Crippen molar-refractivity contribution in [3.63, 3.8) is 0 Å². The molecule has 0 spiro atoms. The van der Waals surface area contributed by atoms with Crippen LogP contribution < -0.4 is 11.1 Å². The van der Waals surface area contributed by atoms with Crippen molar-refractivity contribution in [1.29, 1.82) is 0 Å². The number of nitrogens with zero attached hydrogens (tertiary/aromatic N) is 1. The predicted molar refractivity (Wildman–Crippen MR) is 57.1 cm³/mol. The van der Waals surface area contributed by atoms with Crippen molar-refractivity contribution in [2.24, 2.45) is 0 Å². The zero-order valence-electron chi connectivity index (χ0n) is 6.85. The third kappa shape index (κ3) is 2.79. The average molecular weight is 218 g/mol. The summed E-state index contributed by atoms with van der Waals surface area (Å²) in [5.41, 5.74) is 6.80. The minimum Gasteiger partial charge on any atom is -0.384 e. The van der Waals surface area contributed by atoms with Gasteiger partial charge >= 0.3 is 0 Å². The van der Waals surface area contributed by atoms with Gasteiger partial charge in [-0.1, -0.05) is 18.2 Å². The van der Waals surface area contributed by atoms with Crippen molar-refractivity contribution in [1.82, 2.24) is 4.98 Å². The number of allylic oxidation sites excluding steroid dienone is 1. The topological polar surface area (TPSA) is 50.9 Å². The van der Waals surface area contributed by atoms with Crippen LogP contribution in [0.25, 0.3) is 0 Å². The highest BCUT2D eigenvalue weighted by atomic mass is 35.5. The SMILES string of the molecule is C=C(CCl)Nc1cc(N)ncc1Cl. The number of nitrogens with two attached hydrogens (primary N) is 1. The van der Waals surface area contributed by atoms with Crippen LogP contribution in [0.2, 0.25) is 5.02 Å². The third-order valence-corrected chi connectivity index (χ3v) is 1.97. The second kappa shape index (κ2) is 4.35. The van der Waals surface area contributed by atoms with Gasteiger partial charge in [0.1, 0.15) is 5.82 Å². The molecule has 0 bridgehead atoms. The summed E-state index contributed by atoms with van der Waals surface area (Å²) in [7, 11) is 0. The molecule has 0 aromatic carbocycles. The van der Waals surface area contributed by atoms with Crippen molar-refractivity contribution >= 4 is 34.7 Å². The summed E-state index contributed by atoms with van der Waals surface area (Å²) in [4.78, 5) is 3.82. The lowest BCUT2D eigenvalue weighted by Crippen LogP contribution is -2.01. The van der Waals surface area contributed by atoms with Crippen LogP contribution in [0.1, 0.15) is 0 Å². The fraction of sp³-hybridized carbons (Fsp3) is 0.125. The first kappa shape index (κ1) is 10.2. The Balaban J connectivity index is 2.87. The Morgan fingerprint density at radius 1 is 1.69 bits per heavy atom. The van der Waals surface area contributed by atoms with E-state index in [1.165, 1.54) is 6.20 Å². The van der Waals surface area contributed by atoms with Gasteiger partial charge in [-0.2, -0.15) is 0 Å². The Morgan fingerprint density at radius 3 is 3.00 bits per heavy atom. The van der Waals surface area contributed by atoms with E-state index >= 15 is 0 Å². The molecule has 0 fully saturated rings. The first-order valence-electron chi connectivity index (χ1n) is 3.55. The fourth-order valence-corrected chi connectivity index (χ4v) is 0.992. The van der Waals surface area contributed by atoms with Crippen molar-refractivity contribution in [2.75, 3.05) is 16.9 Å². The lowest BCUT2D eigenvalue weighted by Gasteiger charge is -2.08. The van der Waals surface area contributed by atoms with Crippen LogP contribution >= 0.6 is 23.2 Å². The summed E-state index contributed by atoms with van der Waals surface area (Å²) in [6, 6.07) is 1.63. The number of hydrogen-bond donors (Lipinski definition) is 2. The molecule has 0 saturated carbocycles. The fourth-order valence-electron chi connectivity index (χ4n) is 0.774. The van der Waals surface area contributed by atoms with Crippen molar-refractivity contribution in [2.45, 2.75) is 0 Å². The summed E-state index contributed by atoms with van der Waals surface area (Å²) in [6.07, 6.45) is 1.47. The minimum absolute atomic E-state index is 0.318. The molecule has 70 valence electrons. The summed E-state index contributed by atoms with van der Waals surface area (Å²) in [5.74, 6) is 0.715. The molecule has 0 aliphatic heterocycles. The molecule has 0 aliphatic carbocycles. The summed E-state index contributed by atoms with van der Waals surface area (Å²) in [5, 5.41) is 3.41. The van der Waals surface area contributed by atoms with E-state index in [1.54, 1.807) is 6.07 Å². The molecule has 5 heteroatoms. The Hall–Kier alpha value is -0.930. The number of nitrogen functional groups attached to an aromatic ring is 1. The molecule has 13 heavy (non-hydrogen) atoms. The number of nitrogens with one attached hydrogen (secondary N) is 1. The number of halogens is 2. The quantitative estimate of drug-likeness (QED) is 0.766. The number of pyridine rings is 1. The number of alkyl halides is 1. The van der Waals surface area contributed by atoms with Gasteiger partial charge in [0.05, 0.1) is 16.6 Å². The van der Waals surface area contributed by atoms with Crippen LogP contribution in [0, 0.1) is 0 Å². The van der Waals surface area contributed by atoms with E-state index in [1.807, 2.05) is 0 Å². The monoisotopic (exact) mass is 217 g/mol. The van der Waals surface area contributed by atoms with Gasteiger partial charge in [-0.05, 0) is 0 Å². The van der Waals surface area contributed by atoms with Crippen LogP contribution in [0.15, 0.2) is 24.5 Å². The number of rotatable bonds is 3. The Morgan fingerprint density at radius 2 is 2.38 bits per heavy atom. The highest BCUT2D eigenvalue weighted by molar-refractivity contribution is 6.33. The normalized spacial score (nSPS) is 9.69. The molecule has 0 saturated heterocycles. The van der Waals surface area contributed by atoms with E-state index in [0.29, 0.717) is 28.1 Å². The Kier molecular flexibility index (Phi) is 3.39. The largest absolute Gasteiger partial charge is 0.384 e. The first-order chi connectivity index (χ1) is 6.13. The first-order valence-corrected chi connectivity index (χ1v) is 4.46. The maximum absolute atomic E-state index is 5.83. The second-order valence-electron chi connectivity index (χ2n) is 2.45. The summed E-state index contributed by atoms with van der Waals surface area (Å²) in [6.45, 7) is 3.68. The third-order valence-electron chi connectivity index (χ3n) is 1.35. The van der Waals surface area contributed by atoms with Crippen LogP contribution in [-0.4, -0.2) is 10.9 Å².